The molecule has 2 aromatic carbocycles. The molecule has 0 saturated heterocycles. The number of nitriles is 1. The van der Waals surface area contributed by atoms with Gasteiger partial charge < -0.3 is 18.9 Å². The molecule has 1 aliphatic carbocycles. The molecule has 0 spiro atoms. The van der Waals surface area contributed by atoms with Crippen molar-refractivity contribution in [3.05, 3.63) is 46.5 Å². The van der Waals surface area contributed by atoms with E-state index in [-0.39, 0.29) is 5.78 Å². The normalized spacial score (nSPS) is 14.2. The van der Waals surface area contributed by atoms with E-state index in [1.165, 1.54) is 7.11 Å². The number of carbonyl (C=O) groups excluding carboxylic acids is 1. The van der Waals surface area contributed by atoms with Crippen molar-refractivity contribution in [3.8, 4) is 29.1 Å². The van der Waals surface area contributed by atoms with Crippen LogP contribution >= 0.6 is 0 Å². The number of hydrogen-bond donors (Lipinski definition) is 0. The van der Waals surface area contributed by atoms with Gasteiger partial charge in [-0.15, -0.1) is 0 Å². The largest absolute Gasteiger partial charge is 0.495 e. The summed E-state index contributed by atoms with van der Waals surface area (Å²) in [6.07, 6.45) is 2.71. The summed E-state index contributed by atoms with van der Waals surface area (Å²) < 4.78 is 21.7. The van der Waals surface area contributed by atoms with Crippen LogP contribution in [-0.4, -0.2) is 34.2 Å². The molecule has 0 atom stereocenters. The fourth-order valence-corrected chi connectivity index (χ4v) is 3.46. The minimum absolute atomic E-state index is 0.0242. The molecule has 0 aromatic heterocycles. The number of hydrogen-bond acceptors (Lipinski definition) is 6. The minimum atomic E-state index is 0.0242. The van der Waals surface area contributed by atoms with Crippen LogP contribution in [0.15, 0.2) is 24.3 Å². The van der Waals surface area contributed by atoms with Gasteiger partial charge >= 0.3 is 0 Å². The third-order valence-electron chi connectivity index (χ3n) is 4.78. The van der Waals surface area contributed by atoms with Crippen molar-refractivity contribution in [1.29, 1.82) is 5.26 Å². The molecule has 0 unspecified atom stereocenters. The van der Waals surface area contributed by atoms with Crippen molar-refractivity contribution >= 4 is 17.4 Å². The highest BCUT2D eigenvalue weighted by Gasteiger charge is 2.29. The van der Waals surface area contributed by atoms with Crippen LogP contribution < -0.4 is 18.9 Å². The van der Waals surface area contributed by atoms with E-state index in [0.29, 0.717) is 47.0 Å². The zero-order valence-corrected chi connectivity index (χ0v) is 16.3. The van der Waals surface area contributed by atoms with Gasteiger partial charge in [-0.3, -0.25) is 4.79 Å². The Bertz CT molecular complexity index is 1000. The molecular weight excluding hydrogens is 358 g/mol. The Hall–Kier alpha value is -3.46. The molecule has 28 heavy (non-hydrogen) atoms. The number of Topliss-reactive ketones (excluding diaryl/α,β-unsaturated/α-hetero) is 1. The van der Waals surface area contributed by atoms with E-state index in [2.05, 4.69) is 6.07 Å². The van der Waals surface area contributed by atoms with E-state index in [1.54, 1.807) is 45.6 Å². The van der Waals surface area contributed by atoms with E-state index in [1.807, 2.05) is 6.07 Å². The van der Waals surface area contributed by atoms with Gasteiger partial charge in [0.05, 0.1) is 34.0 Å². The molecule has 0 amide bonds. The zero-order chi connectivity index (χ0) is 20.3. The Morgan fingerprint density at radius 1 is 0.929 bits per heavy atom. The molecule has 0 radical (unpaired) electrons. The Morgan fingerprint density at radius 3 is 2.25 bits per heavy atom. The standard InChI is InChI=1S/C22H21NO5/c1-25-19-8-5-13(9-14(19)12-23)10-17-16-11-20(26-2)22(28-4)21(27-3)15(16)6-7-18(17)24/h5,8-11H,6-7H2,1-4H3/b17-10+. The molecule has 6 heteroatoms. The van der Waals surface area contributed by atoms with Gasteiger partial charge in [0.25, 0.3) is 0 Å². The number of methoxy groups -OCH3 is 4. The van der Waals surface area contributed by atoms with Gasteiger partial charge in [-0.05, 0) is 41.8 Å². The Morgan fingerprint density at radius 2 is 1.64 bits per heavy atom. The highest BCUT2D eigenvalue weighted by molar-refractivity contribution is 6.27. The predicted molar refractivity (Wildman–Crippen MR) is 105 cm³/mol. The molecule has 6 nitrogen and oxygen atoms in total. The van der Waals surface area contributed by atoms with Gasteiger partial charge in [0.2, 0.25) is 5.75 Å². The maximum absolute atomic E-state index is 12.7. The number of nitrogens with zero attached hydrogens (tertiary/aromatic N) is 1. The summed E-state index contributed by atoms with van der Waals surface area (Å²) in [5.41, 5.74) is 3.35. The van der Waals surface area contributed by atoms with Gasteiger partial charge in [-0.2, -0.15) is 5.26 Å². The molecule has 2 aromatic rings. The molecule has 0 heterocycles. The monoisotopic (exact) mass is 379 g/mol. The lowest BCUT2D eigenvalue weighted by atomic mass is 9.84. The molecular formula is C22H21NO5. The third kappa shape index (κ3) is 3.27. The fraction of sp³-hybridized carbons (Fsp3) is 0.273. The second-order valence-corrected chi connectivity index (χ2v) is 6.22. The summed E-state index contributed by atoms with van der Waals surface area (Å²) in [7, 11) is 6.18. The fourth-order valence-electron chi connectivity index (χ4n) is 3.46. The van der Waals surface area contributed by atoms with Gasteiger partial charge in [0.1, 0.15) is 11.8 Å². The van der Waals surface area contributed by atoms with Crippen LogP contribution in [0.1, 0.15) is 28.7 Å². The van der Waals surface area contributed by atoms with E-state index in [9.17, 15) is 10.1 Å². The van der Waals surface area contributed by atoms with Crippen molar-refractivity contribution in [3.63, 3.8) is 0 Å². The summed E-state index contributed by atoms with van der Waals surface area (Å²) >= 11 is 0. The first kappa shape index (κ1) is 19.3. The minimum Gasteiger partial charge on any atom is -0.495 e. The first-order valence-electron chi connectivity index (χ1n) is 8.73. The van der Waals surface area contributed by atoms with E-state index in [4.69, 9.17) is 18.9 Å². The van der Waals surface area contributed by atoms with Crippen LogP contribution in [0.4, 0.5) is 0 Å². The van der Waals surface area contributed by atoms with Crippen LogP contribution in [0.2, 0.25) is 0 Å². The average Bonchev–Trinajstić information content (AvgIpc) is 2.73. The second-order valence-electron chi connectivity index (χ2n) is 6.22. The van der Waals surface area contributed by atoms with Crippen molar-refractivity contribution in [2.45, 2.75) is 12.8 Å². The number of ether oxygens (including phenoxy) is 4. The summed E-state index contributed by atoms with van der Waals surface area (Å²) in [5, 5.41) is 9.32. The number of carbonyl (C=O) groups is 1. The first-order chi connectivity index (χ1) is 13.6. The van der Waals surface area contributed by atoms with Gasteiger partial charge in [-0.1, -0.05) is 6.07 Å². The number of fused-ring (bicyclic) bond motifs is 1. The quantitative estimate of drug-likeness (QED) is 0.738. The summed E-state index contributed by atoms with van der Waals surface area (Å²) in [6.45, 7) is 0. The molecule has 0 saturated carbocycles. The Kier molecular flexibility index (Phi) is 5.55. The average molecular weight is 379 g/mol. The summed E-state index contributed by atoms with van der Waals surface area (Å²) in [5.74, 6) is 2.09. The SMILES string of the molecule is COc1ccc(/C=C2/C(=O)CCc3c2cc(OC)c(OC)c3OC)cc1C#N. The smallest absolute Gasteiger partial charge is 0.203 e. The second kappa shape index (κ2) is 8.05. The molecule has 144 valence electrons. The lowest BCUT2D eigenvalue weighted by molar-refractivity contribution is -0.113. The van der Waals surface area contributed by atoms with E-state index >= 15 is 0 Å². The zero-order valence-electron chi connectivity index (χ0n) is 16.3. The number of rotatable bonds is 5. The Balaban J connectivity index is 2.21. The van der Waals surface area contributed by atoms with Crippen molar-refractivity contribution in [2.75, 3.05) is 28.4 Å². The van der Waals surface area contributed by atoms with E-state index < -0.39 is 0 Å². The van der Waals surface area contributed by atoms with Crippen molar-refractivity contribution in [1.82, 2.24) is 0 Å². The van der Waals surface area contributed by atoms with Gasteiger partial charge in [-0.25, -0.2) is 0 Å². The number of ketones is 1. The maximum atomic E-state index is 12.7. The highest BCUT2D eigenvalue weighted by atomic mass is 16.5. The topological polar surface area (TPSA) is 77.8 Å². The number of benzene rings is 2. The highest BCUT2D eigenvalue weighted by Crippen LogP contribution is 2.46. The maximum Gasteiger partial charge on any atom is 0.203 e. The predicted octanol–water partition coefficient (Wildman–Crippen LogP) is 3.65. The molecule has 0 aliphatic heterocycles. The van der Waals surface area contributed by atoms with Crippen LogP contribution in [0.25, 0.3) is 11.6 Å². The van der Waals surface area contributed by atoms with Crippen LogP contribution in [0.3, 0.4) is 0 Å². The molecule has 0 N–H and O–H groups in total. The van der Waals surface area contributed by atoms with Crippen LogP contribution in [0, 0.1) is 11.3 Å². The number of allylic oxidation sites excluding steroid dienone is 1. The molecule has 3 rings (SSSR count). The van der Waals surface area contributed by atoms with Crippen molar-refractivity contribution in [2.24, 2.45) is 0 Å². The molecule has 0 bridgehead atoms. The lowest BCUT2D eigenvalue weighted by Gasteiger charge is -2.24. The third-order valence-corrected chi connectivity index (χ3v) is 4.78. The lowest BCUT2D eigenvalue weighted by Crippen LogP contribution is -2.14. The summed E-state index contributed by atoms with van der Waals surface area (Å²) in [6, 6.07) is 9.14. The van der Waals surface area contributed by atoms with Crippen LogP contribution in [0.5, 0.6) is 23.0 Å². The summed E-state index contributed by atoms with van der Waals surface area (Å²) in [4.78, 5) is 12.7. The van der Waals surface area contributed by atoms with Gasteiger partial charge in [0, 0.05) is 17.6 Å². The first-order valence-corrected chi connectivity index (χ1v) is 8.73. The van der Waals surface area contributed by atoms with Gasteiger partial charge in [0.15, 0.2) is 17.3 Å². The van der Waals surface area contributed by atoms with E-state index in [0.717, 1.165) is 16.7 Å². The van der Waals surface area contributed by atoms with Crippen molar-refractivity contribution < 1.29 is 23.7 Å². The molecule has 1 aliphatic rings. The van der Waals surface area contributed by atoms with Crippen LogP contribution in [-0.2, 0) is 11.2 Å². The molecule has 0 fully saturated rings. The Labute approximate surface area is 163 Å².